The summed E-state index contributed by atoms with van der Waals surface area (Å²) in [6.07, 6.45) is -2.66. The van der Waals surface area contributed by atoms with Gasteiger partial charge in [-0.15, -0.1) is 0 Å². The highest BCUT2D eigenvalue weighted by molar-refractivity contribution is 5.91. The molecule has 4 nitrogen and oxygen atoms in total. The maximum absolute atomic E-state index is 13.6. The highest BCUT2D eigenvalue weighted by Crippen LogP contribution is 2.30. The van der Waals surface area contributed by atoms with Gasteiger partial charge in [-0.05, 0) is 0 Å². The van der Waals surface area contributed by atoms with Gasteiger partial charge in [0.25, 0.3) is 5.91 Å². The molecule has 2 unspecified atom stereocenters. The topological polar surface area (TPSA) is 68.9 Å². The first-order chi connectivity index (χ1) is 7.45. The molecule has 2 N–H and O–H groups in total. The van der Waals surface area contributed by atoms with Crippen LogP contribution in [-0.2, 0) is 0 Å². The highest BCUT2D eigenvalue weighted by atomic mass is 19.3. The quantitative estimate of drug-likeness (QED) is 0.856. The van der Waals surface area contributed by atoms with Gasteiger partial charge in [-0.3, -0.25) is 9.78 Å². The highest BCUT2D eigenvalue weighted by Gasteiger charge is 2.31. The lowest BCUT2D eigenvalue weighted by molar-refractivity contribution is 0.0364. The molecule has 1 aromatic heterocycles. The van der Waals surface area contributed by atoms with E-state index in [1.165, 1.54) is 0 Å². The van der Waals surface area contributed by atoms with Crippen LogP contribution in [0.4, 0.5) is 13.2 Å². The molecular formula is C9H10F3N3O. The van der Waals surface area contributed by atoms with Crippen LogP contribution in [0, 0.1) is 5.92 Å². The molecule has 1 aromatic rings. The Balaban J connectivity index is 3.08. The Morgan fingerprint density at radius 2 is 1.88 bits per heavy atom. The third kappa shape index (κ3) is 2.47. The van der Waals surface area contributed by atoms with Crippen LogP contribution in [0.2, 0.25) is 0 Å². The molecule has 88 valence electrons. The molecule has 0 fully saturated rings. The number of alkyl halides is 3. The van der Waals surface area contributed by atoms with Crippen LogP contribution in [0.1, 0.15) is 29.3 Å². The number of nitrogens with two attached hydrogens (primary N) is 1. The minimum absolute atomic E-state index is 0.414. The number of carbonyl (C=O) groups is 1. The molecule has 0 saturated carbocycles. The molecule has 0 aliphatic rings. The van der Waals surface area contributed by atoms with Crippen molar-refractivity contribution in [1.29, 1.82) is 0 Å². The van der Waals surface area contributed by atoms with E-state index >= 15 is 0 Å². The smallest absolute Gasteiger partial charge is 0.269 e. The number of carbonyl (C=O) groups excluding carboxylic acids is 1. The number of halogens is 3. The SMILES string of the molecule is CC(C(F)F)C(F)c1nccnc1C(N)=O. The minimum Gasteiger partial charge on any atom is -0.364 e. The van der Waals surface area contributed by atoms with Crippen molar-refractivity contribution in [3.05, 3.63) is 23.8 Å². The van der Waals surface area contributed by atoms with Gasteiger partial charge in [0.1, 0.15) is 5.69 Å². The van der Waals surface area contributed by atoms with E-state index in [4.69, 9.17) is 5.73 Å². The molecule has 0 bridgehead atoms. The summed E-state index contributed by atoms with van der Waals surface area (Å²) in [5.41, 5.74) is 4.08. The first-order valence-corrected chi connectivity index (χ1v) is 4.48. The van der Waals surface area contributed by atoms with Crippen LogP contribution in [0.3, 0.4) is 0 Å². The molecule has 0 aromatic carbocycles. The van der Waals surface area contributed by atoms with E-state index in [9.17, 15) is 18.0 Å². The largest absolute Gasteiger partial charge is 0.364 e. The number of primary amides is 1. The summed E-state index contributed by atoms with van der Waals surface area (Å²) in [6, 6.07) is 0. The fourth-order valence-corrected chi connectivity index (χ4v) is 1.12. The van der Waals surface area contributed by atoms with Gasteiger partial charge in [-0.1, -0.05) is 6.92 Å². The third-order valence-corrected chi connectivity index (χ3v) is 2.08. The number of rotatable bonds is 4. The maximum Gasteiger partial charge on any atom is 0.269 e. The second-order valence-corrected chi connectivity index (χ2v) is 3.25. The van der Waals surface area contributed by atoms with Gasteiger partial charge in [0.15, 0.2) is 11.9 Å². The van der Waals surface area contributed by atoms with Crippen LogP contribution in [-0.4, -0.2) is 22.3 Å². The number of hydrogen-bond donors (Lipinski definition) is 1. The van der Waals surface area contributed by atoms with Crippen molar-refractivity contribution in [2.45, 2.75) is 19.5 Å². The molecule has 1 rings (SSSR count). The van der Waals surface area contributed by atoms with E-state index in [2.05, 4.69) is 9.97 Å². The average molecular weight is 233 g/mol. The predicted molar refractivity (Wildman–Crippen MR) is 49.6 cm³/mol. The van der Waals surface area contributed by atoms with Crippen LogP contribution in [0.25, 0.3) is 0 Å². The zero-order valence-corrected chi connectivity index (χ0v) is 8.40. The maximum atomic E-state index is 13.6. The van der Waals surface area contributed by atoms with E-state index in [0.29, 0.717) is 0 Å². The van der Waals surface area contributed by atoms with Crippen LogP contribution in [0.15, 0.2) is 12.4 Å². The van der Waals surface area contributed by atoms with Crippen LogP contribution >= 0.6 is 0 Å². The van der Waals surface area contributed by atoms with Crippen molar-refractivity contribution < 1.29 is 18.0 Å². The first kappa shape index (κ1) is 12.4. The Morgan fingerprint density at radius 1 is 1.31 bits per heavy atom. The van der Waals surface area contributed by atoms with Gasteiger partial charge in [-0.25, -0.2) is 18.2 Å². The standard InChI is InChI=1S/C9H10F3N3O/c1-4(8(11)12)5(10)6-7(9(13)16)15-3-2-14-6/h2-5,8H,1H3,(H2,13,16). The fraction of sp³-hybridized carbons (Fsp3) is 0.444. The van der Waals surface area contributed by atoms with Gasteiger partial charge >= 0.3 is 0 Å². The second-order valence-electron chi connectivity index (χ2n) is 3.25. The summed E-state index contributed by atoms with van der Waals surface area (Å²) in [5.74, 6) is -2.57. The zero-order chi connectivity index (χ0) is 12.3. The van der Waals surface area contributed by atoms with Gasteiger partial charge in [0.2, 0.25) is 6.43 Å². The van der Waals surface area contributed by atoms with E-state index in [-0.39, 0.29) is 0 Å². The van der Waals surface area contributed by atoms with Crippen LogP contribution in [0.5, 0.6) is 0 Å². The van der Waals surface area contributed by atoms with Gasteiger partial charge in [-0.2, -0.15) is 0 Å². The summed E-state index contributed by atoms with van der Waals surface area (Å²) < 4.78 is 38.2. The van der Waals surface area contributed by atoms with Crippen LogP contribution < -0.4 is 5.73 Å². The summed E-state index contributed by atoms with van der Waals surface area (Å²) >= 11 is 0. The van der Waals surface area contributed by atoms with E-state index < -0.39 is 35.8 Å². The lowest BCUT2D eigenvalue weighted by Crippen LogP contribution is -2.22. The molecule has 1 heterocycles. The average Bonchev–Trinajstić information content (AvgIpc) is 2.26. The molecule has 0 aliphatic heterocycles. The molecule has 0 radical (unpaired) electrons. The molecule has 2 atom stereocenters. The summed E-state index contributed by atoms with van der Waals surface area (Å²) in [6.45, 7) is 1.02. The Kier molecular flexibility index (Phi) is 3.81. The second kappa shape index (κ2) is 4.91. The molecular weight excluding hydrogens is 223 g/mol. The summed E-state index contributed by atoms with van der Waals surface area (Å²) in [7, 11) is 0. The molecule has 0 spiro atoms. The molecule has 0 aliphatic carbocycles. The van der Waals surface area contributed by atoms with Gasteiger partial charge < -0.3 is 5.73 Å². The fourth-order valence-electron chi connectivity index (χ4n) is 1.12. The minimum atomic E-state index is -2.85. The van der Waals surface area contributed by atoms with Crippen molar-refractivity contribution in [2.24, 2.45) is 11.7 Å². The van der Waals surface area contributed by atoms with E-state index in [1.54, 1.807) is 0 Å². The zero-order valence-electron chi connectivity index (χ0n) is 8.40. The number of aromatic nitrogens is 2. The van der Waals surface area contributed by atoms with Crippen molar-refractivity contribution in [2.75, 3.05) is 0 Å². The number of nitrogens with zero attached hydrogens (tertiary/aromatic N) is 2. The monoisotopic (exact) mass is 233 g/mol. The summed E-state index contributed by atoms with van der Waals surface area (Å²) in [5, 5.41) is 0. The van der Waals surface area contributed by atoms with E-state index in [1.807, 2.05) is 0 Å². The Morgan fingerprint density at radius 3 is 2.38 bits per heavy atom. The van der Waals surface area contributed by atoms with Crippen molar-refractivity contribution >= 4 is 5.91 Å². The Hall–Kier alpha value is -1.66. The lowest BCUT2D eigenvalue weighted by Gasteiger charge is -2.16. The van der Waals surface area contributed by atoms with Gasteiger partial charge in [0.05, 0.1) is 5.92 Å². The molecule has 16 heavy (non-hydrogen) atoms. The Bertz CT molecular complexity index is 386. The van der Waals surface area contributed by atoms with Crippen molar-refractivity contribution in [3.63, 3.8) is 0 Å². The number of hydrogen-bond acceptors (Lipinski definition) is 3. The third-order valence-electron chi connectivity index (χ3n) is 2.08. The first-order valence-electron chi connectivity index (χ1n) is 4.48. The van der Waals surface area contributed by atoms with E-state index in [0.717, 1.165) is 19.3 Å². The van der Waals surface area contributed by atoms with Crippen molar-refractivity contribution in [1.82, 2.24) is 9.97 Å². The normalized spacial score (nSPS) is 14.8. The summed E-state index contributed by atoms with van der Waals surface area (Å²) in [4.78, 5) is 17.9. The van der Waals surface area contributed by atoms with Crippen molar-refractivity contribution in [3.8, 4) is 0 Å². The lowest BCUT2D eigenvalue weighted by atomic mass is 10.0. The predicted octanol–water partition coefficient (Wildman–Crippen LogP) is 1.49. The molecule has 7 heteroatoms. The molecule has 1 amide bonds. The Labute approximate surface area is 89.7 Å². The molecule has 0 saturated heterocycles. The van der Waals surface area contributed by atoms with Gasteiger partial charge in [0, 0.05) is 12.4 Å². The number of amides is 1.